The van der Waals surface area contributed by atoms with Crippen LogP contribution in [0.15, 0.2) is 56.4 Å². The van der Waals surface area contributed by atoms with Gasteiger partial charge in [-0.1, -0.05) is 13.0 Å². The molecule has 1 heterocycles. The van der Waals surface area contributed by atoms with Gasteiger partial charge >= 0.3 is 5.25 Å². The van der Waals surface area contributed by atoms with Gasteiger partial charge < -0.3 is 4.74 Å². The Balaban J connectivity index is 2.12. The summed E-state index contributed by atoms with van der Waals surface area (Å²) in [6, 6.07) is 8.16. The van der Waals surface area contributed by atoms with Crippen LogP contribution in [0.5, 0.6) is 5.75 Å². The third kappa shape index (κ3) is 2.26. The van der Waals surface area contributed by atoms with Crippen LogP contribution in [0, 0.1) is 17.2 Å². The molecule has 0 unspecified atom stereocenters. The lowest BCUT2D eigenvalue weighted by molar-refractivity contribution is 0.0582. The molecule has 1 saturated heterocycles. The first-order valence-corrected chi connectivity index (χ1v) is 8.94. The number of alkyl halides is 2. The quantitative estimate of drug-likeness (QED) is 0.694. The van der Waals surface area contributed by atoms with Gasteiger partial charge in [-0.15, -0.1) is 0 Å². The topological polar surface area (TPSA) is 67.2 Å². The summed E-state index contributed by atoms with van der Waals surface area (Å²) >= 11 is 3.13. The number of allylic oxidation sites excluding steroid dienone is 2. The van der Waals surface area contributed by atoms with E-state index in [0.717, 1.165) is 6.92 Å². The summed E-state index contributed by atoms with van der Waals surface area (Å²) < 4.78 is 57.5. The summed E-state index contributed by atoms with van der Waals surface area (Å²) in [5.74, 6) is -1.24. The zero-order valence-electron chi connectivity index (χ0n) is 12.1. The highest BCUT2D eigenvalue weighted by molar-refractivity contribution is 9.12. The molecule has 0 radical (unpaired) electrons. The third-order valence-corrected chi connectivity index (χ3v) is 6.43. The standard InChI is InChI=1S/C16H8BrF2NO3S/c1-9-14-13(24(21,22)16(9,18)19)6-5-12(15(14)17)23-11-4-2-3-10(7-11)8-20/h2-4,7,9H,1H3/t9-/m1/s1. The van der Waals surface area contributed by atoms with Gasteiger partial charge in [0.05, 0.1) is 22.0 Å². The molecule has 0 N–H and O–H groups in total. The Hall–Kier alpha value is -2.16. The van der Waals surface area contributed by atoms with Gasteiger partial charge in [-0.05, 0) is 45.6 Å². The van der Waals surface area contributed by atoms with Gasteiger partial charge in [0, 0.05) is 5.57 Å². The summed E-state index contributed by atoms with van der Waals surface area (Å²) in [5.41, 5.74) is 4.98. The largest absolute Gasteiger partial charge is 0.447 e. The van der Waals surface area contributed by atoms with Gasteiger partial charge in [0.1, 0.15) is 10.7 Å². The third-order valence-electron chi connectivity index (χ3n) is 3.72. The van der Waals surface area contributed by atoms with Crippen LogP contribution in [0.1, 0.15) is 12.5 Å². The number of sulfone groups is 1. The van der Waals surface area contributed by atoms with Crippen molar-refractivity contribution in [1.82, 2.24) is 0 Å². The number of rotatable bonds is 2. The first kappa shape index (κ1) is 16.7. The molecular weight excluding hydrogens is 404 g/mol. The van der Waals surface area contributed by atoms with Crippen molar-refractivity contribution < 1.29 is 21.9 Å². The van der Waals surface area contributed by atoms with E-state index in [-0.39, 0.29) is 15.8 Å². The summed E-state index contributed by atoms with van der Waals surface area (Å²) in [7, 11) is -4.80. The Kier molecular flexibility index (Phi) is 3.78. The van der Waals surface area contributed by atoms with Gasteiger partial charge in [-0.2, -0.15) is 14.0 Å². The second-order valence-corrected chi connectivity index (χ2v) is 7.92. The molecule has 0 bridgehead atoms. The number of hydrogen-bond donors (Lipinski definition) is 0. The Morgan fingerprint density at radius 3 is 2.75 bits per heavy atom. The molecule has 4 nitrogen and oxygen atoms in total. The van der Waals surface area contributed by atoms with Crippen LogP contribution in [-0.2, 0) is 9.84 Å². The molecule has 0 saturated carbocycles. The van der Waals surface area contributed by atoms with Gasteiger partial charge in [0.25, 0.3) is 9.84 Å². The summed E-state index contributed by atoms with van der Waals surface area (Å²) in [6.45, 7) is 1.13. The molecule has 1 fully saturated rings. The average molecular weight is 412 g/mol. The highest BCUT2D eigenvalue weighted by Crippen LogP contribution is 2.53. The van der Waals surface area contributed by atoms with Crippen LogP contribution in [-0.4, -0.2) is 13.7 Å². The maximum atomic E-state index is 14.0. The van der Waals surface area contributed by atoms with Crippen molar-refractivity contribution in [2.45, 2.75) is 12.2 Å². The Bertz CT molecular complexity index is 1040. The van der Waals surface area contributed by atoms with E-state index in [1.165, 1.54) is 6.07 Å². The maximum absolute atomic E-state index is 14.0. The van der Waals surface area contributed by atoms with Gasteiger partial charge in [-0.25, -0.2) is 8.42 Å². The zero-order valence-corrected chi connectivity index (χ0v) is 14.5. The predicted octanol–water partition coefficient (Wildman–Crippen LogP) is 3.78. The van der Waals surface area contributed by atoms with E-state index >= 15 is 0 Å². The number of nitriles is 1. The molecule has 1 atom stereocenters. The molecule has 0 spiro atoms. The van der Waals surface area contributed by atoms with Crippen LogP contribution >= 0.6 is 15.9 Å². The monoisotopic (exact) mass is 411 g/mol. The van der Waals surface area contributed by atoms with Crippen LogP contribution in [0.25, 0.3) is 0 Å². The number of hydrogen-bond acceptors (Lipinski definition) is 4. The minimum atomic E-state index is -4.80. The van der Waals surface area contributed by atoms with Crippen molar-refractivity contribution in [2.75, 3.05) is 0 Å². The average Bonchev–Trinajstić information content (AvgIpc) is 2.68. The Morgan fingerprint density at radius 2 is 2.08 bits per heavy atom. The Labute approximate surface area is 145 Å². The maximum Gasteiger partial charge on any atom is 0.357 e. The van der Waals surface area contributed by atoms with E-state index in [1.807, 2.05) is 6.07 Å². The first-order chi connectivity index (χ1) is 11.2. The van der Waals surface area contributed by atoms with Crippen LogP contribution in [0.3, 0.4) is 0 Å². The molecule has 24 heavy (non-hydrogen) atoms. The predicted molar refractivity (Wildman–Crippen MR) is 84.8 cm³/mol. The van der Waals surface area contributed by atoms with Crippen molar-refractivity contribution in [1.29, 1.82) is 5.26 Å². The molecule has 8 heteroatoms. The minimum absolute atomic E-state index is 0.0172. The molecule has 1 aromatic carbocycles. The molecule has 3 rings (SSSR count). The van der Waals surface area contributed by atoms with Gasteiger partial charge in [0.15, 0.2) is 5.76 Å². The van der Waals surface area contributed by atoms with Gasteiger partial charge in [0.2, 0.25) is 0 Å². The normalized spacial score (nSPS) is 23.2. The van der Waals surface area contributed by atoms with Crippen LogP contribution in [0.2, 0.25) is 0 Å². The fourth-order valence-corrected chi connectivity index (χ4v) is 4.87. The van der Waals surface area contributed by atoms with E-state index in [2.05, 4.69) is 27.4 Å². The molecule has 0 amide bonds. The molecule has 1 aliphatic heterocycles. The second-order valence-electron chi connectivity index (χ2n) is 5.16. The summed E-state index contributed by atoms with van der Waals surface area (Å²) in [4.78, 5) is -0.579. The molecule has 0 aromatic heterocycles. The second kappa shape index (κ2) is 5.44. The first-order valence-electron chi connectivity index (χ1n) is 6.67. The molecule has 2 aliphatic rings. The highest BCUT2D eigenvalue weighted by Gasteiger charge is 2.62. The van der Waals surface area contributed by atoms with Crippen molar-refractivity contribution in [2.24, 2.45) is 5.92 Å². The SMILES string of the molecule is C[C@@H]1C2=C(Br)C(Oc3cccc(C#N)c3)=C=C=C2S(=O)(=O)C1(F)F. The Morgan fingerprint density at radius 1 is 1.38 bits per heavy atom. The summed E-state index contributed by atoms with van der Waals surface area (Å²) in [5, 5.41) is 4.97. The van der Waals surface area contributed by atoms with Crippen molar-refractivity contribution in [3.05, 3.63) is 62.0 Å². The van der Waals surface area contributed by atoms with Crippen molar-refractivity contribution >= 4 is 25.8 Å². The lowest BCUT2D eigenvalue weighted by atomic mass is 9.99. The number of fused-ring (bicyclic) bond motifs is 1. The van der Waals surface area contributed by atoms with Crippen molar-refractivity contribution in [3.63, 3.8) is 0 Å². The van der Waals surface area contributed by atoms with Gasteiger partial charge in [-0.3, -0.25) is 0 Å². The number of nitrogens with zero attached hydrogens (tertiary/aromatic N) is 1. The number of halogens is 3. The van der Waals surface area contributed by atoms with E-state index in [1.54, 1.807) is 18.2 Å². The van der Waals surface area contributed by atoms with E-state index in [4.69, 9.17) is 10.00 Å². The lowest BCUT2D eigenvalue weighted by Gasteiger charge is -2.15. The minimum Gasteiger partial charge on any atom is -0.447 e. The van der Waals surface area contributed by atoms with E-state index < -0.39 is 25.9 Å². The molecule has 1 aliphatic carbocycles. The zero-order chi connectivity index (χ0) is 17.7. The summed E-state index contributed by atoms with van der Waals surface area (Å²) in [6.07, 6.45) is 0. The molecular formula is C16H8BrF2NO3S. The lowest BCUT2D eigenvalue weighted by Crippen LogP contribution is -2.28. The van der Waals surface area contributed by atoms with E-state index in [9.17, 15) is 17.2 Å². The van der Waals surface area contributed by atoms with Crippen molar-refractivity contribution in [3.8, 4) is 11.8 Å². The van der Waals surface area contributed by atoms with Crippen LogP contribution in [0.4, 0.5) is 8.78 Å². The number of ether oxygens (including phenoxy) is 1. The fourth-order valence-electron chi connectivity index (χ4n) is 2.41. The number of benzene rings is 1. The molecule has 1 aromatic rings. The fraction of sp³-hybridized carbons (Fsp3) is 0.188. The molecule has 122 valence electrons. The van der Waals surface area contributed by atoms with Crippen LogP contribution < -0.4 is 4.74 Å². The van der Waals surface area contributed by atoms with E-state index in [0.29, 0.717) is 11.3 Å². The smallest absolute Gasteiger partial charge is 0.357 e. The highest BCUT2D eigenvalue weighted by atomic mass is 79.9.